The molecule has 0 radical (unpaired) electrons. The quantitative estimate of drug-likeness (QED) is 0.414. The summed E-state index contributed by atoms with van der Waals surface area (Å²) >= 11 is 0. The first-order valence-electron chi connectivity index (χ1n) is 9.37. The number of carbonyl (C=O) groups is 3. The van der Waals surface area contributed by atoms with Crippen molar-refractivity contribution in [2.75, 3.05) is 19.9 Å². The first-order valence-corrected chi connectivity index (χ1v) is 11.0. The Bertz CT molecular complexity index is 759. The highest BCUT2D eigenvalue weighted by Crippen LogP contribution is 2.53. The predicted molar refractivity (Wildman–Crippen MR) is 103 cm³/mol. The maximum Gasteiger partial charge on any atom is 0.413 e. The normalized spacial score (nSPS) is 17.7. The number of amides is 1. The Morgan fingerprint density at radius 2 is 1.83 bits per heavy atom. The highest BCUT2D eigenvalue weighted by Gasteiger charge is 2.44. The average Bonchev–Trinajstić information content (AvgIpc) is 3.07. The van der Waals surface area contributed by atoms with Crippen LogP contribution in [-0.2, 0) is 39.3 Å². The lowest BCUT2D eigenvalue weighted by Gasteiger charge is -2.24. The molecule has 0 spiro atoms. The molecule has 1 heterocycles. The third kappa shape index (κ3) is 5.88. The Morgan fingerprint density at radius 3 is 2.41 bits per heavy atom. The van der Waals surface area contributed by atoms with E-state index in [1.54, 1.807) is 26.0 Å². The first kappa shape index (κ1) is 23.1. The Morgan fingerprint density at radius 1 is 1.21 bits per heavy atom. The number of cyclic esters (lactones) is 1. The molecule has 0 bridgehead atoms. The molecule has 1 aliphatic heterocycles. The topological polar surface area (TPSA) is 108 Å². The van der Waals surface area contributed by atoms with Gasteiger partial charge in [-0.2, -0.15) is 0 Å². The number of benzene rings is 1. The van der Waals surface area contributed by atoms with Gasteiger partial charge in [-0.25, -0.2) is 9.59 Å². The molecule has 9 nitrogen and oxygen atoms in total. The first-order chi connectivity index (χ1) is 13.8. The van der Waals surface area contributed by atoms with E-state index in [1.165, 1.54) is 6.92 Å². The van der Waals surface area contributed by atoms with E-state index in [0.29, 0.717) is 0 Å². The van der Waals surface area contributed by atoms with Gasteiger partial charge >= 0.3 is 19.7 Å². The number of hydrogen-bond donors (Lipinski definition) is 0. The molecule has 1 aliphatic rings. The third-order valence-electron chi connectivity index (χ3n) is 4.39. The Hall–Kier alpha value is -2.22. The van der Waals surface area contributed by atoms with Crippen LogP contribution in [0.15, 0.2) is 30.3 Å². The molecule has 0 aliphatic carbocycles. The summed E-state index contributed by atoms with van der Waals surface area (Å²) in [5.74, 6) is -1.25. The van der Waals surface area contributed by atoms with Gasteiger partial charge in [0.1, 0.15) is 24.1 Å². The van der Waals surface area contributed by atoms with Crippen LogP contribution in [0.25, 0.3) is 0 Å². The maximum absolute atomic E-state index is 12.8. The van der Waals surface area contributed by atoms with Crippen LogP contribution < -0.4 is 0 Å². The molecule has 1 unspecified atom stereocenters. The van der Waals surface area contributed by atoms with Crippen LogP contribution in [0.3, 0.4) is 0 Å². The predicted octanol–water partition coefficient (Wildman–Crippen LogP) is 3.12. The smallest absolute Gasteiger partial charge is 0.413 e. The van der Waals surface area contributed by atoms with Gasteiger partial charge in [0.15, 0.2) is 6.73 Å². The second-order valence-corrected chi connectivity index (χ2v) is 8.71. The van der Waals surface area contributed by atoms with Gasteiger partial charge in [0.25, 0.3) is 0 Å². The Kier molecular flexibility index (Phi) is 8.37. The number of ether oxygens (including phenoxy) is 2. The van der Waals surface area contributed by atoms with Crippen molar-refractivity contribution in [1.29, 1.82) is 0 Å². The van der Waals surface area contributed by atoms with Gasteiger partial charge in [0.2, 0.25) is 0 Å². The van der Waals surface area contributed by atoms with E-state index < -0.39 is 37.1 Å². The molecule has 1 saturated heterocycles. The monoisotopic (exact) mass is 427 g/mol. The molecule has 2 rings (SSSR count). The van der Waals surface area contributed by atoms with Crippen LogP contribution in [0.4, 0.5) is 4.79 Å². The number of Topliss-reactive ketones (excluding diaryl/α,β-unsaturated/α-hetero) is 1. The zero-order chi connectivity index (χ0) is 21.4. The van der Waals surface area contributed by atoms with Gasteiger partial charge in [0, 0.05) is 6.42 Å². The standard InChI is InChI=1S/C19H26NO8P/c1-4-27-29(24,28-5-2)14(3)17(21)11-16-18(22)26-13-20(16)19(23)25-12-15-9-7-6-8-10-15/h6-10,14,16H,4-5,11-13H2,1-3H3/t14-,16?/m1/s1. The molecule has 1 aromatic rings. The number of rotatable bonds is 10. The van der Waals surface area contributed by atoms with E-state index in [-0.39, 0.29) is 33.0 Å². The minimum absolute atomic E-state index is 0.0192. The lowest BCUT2D eigenvalue weighted by atomic mass is 10.1. The zero-order valence-electron chi connectivity index (χ0n) is 16.7. The highest BCUT2D eigenvalue weighted by molar-refractivity contribution is 7.55. The van der Waals surface area contributed by atoms with Crippen molar-refractivity contribution in [2.24, 2.45) is 0 Å². The van der Waals surface area contributed by atoms with E-state index in [0.717, 1.165) is 10.5 Å². The lowest BCUT2D eigenvalue weighted by molar-refractivity contribution is -0.140. The Labute approximate surface area is 169 Å². The molecule has 0 N–H and O–H groups in total. The molecule has 160 valence electrons. The summed E-state index contributed by atoms with van der Waals surface area (Å²) in [6, 6.07) is 7.89. The van der Waals surface area contributed by atoms with Crippen LogP contribution >= 0.6 is 7.60 Å². The summed E-state index contributed by atoms with van der Waals surface area (Å²) in [4.78, 5) is 38.2. The molecule has 10 heteroatoms. The van der Waals surface area contributed by atoms with E-state index >= 15 is 0 Å². The molecule has 1 amide bonds. The fourth-order valence-electron chi connectivity index (χ4n) is 2.78. The number of nitrogens with zero attached hydrogens (tertiary/aromatic N) is 1. The largest absolute Gasteiger partial charge is 0.444 e. The summed E-state index contributed by atoms with van der Waals surface area (Å²) in [6.45, 7) is 4.63. The van der Waals surface area contributed by atoms with Gasteiger partial charge < -0.3 is 18.5 Å². The van der Waals surface area contributed by atoms with Crippen molar-refractivity contribution in [3.63, 3.8) is 0 Å². The van der Waals surface area contributed by atoms with E-state index in [4.69, 9.17) is 18.5 Å². The van der Waals surface area contributed by atoms with Crippen LogP contribution in [0.1, 0.15) is 32.8 Å². The highest BCUT2D eigenvalue weighted by atomic mass is 31.2. The molecular formula is C19H26NO8P. The fraction of sp³-hybridized carbons (Fsp3) is 0.526. The number of hydrogen-bond acceptors (Lipinski definition) is 8. The number of ketones is 1. The van der Waals surface area contributed by atoms with Crippen molar-refractivity contribution in [3.8, 4) is 0 Å². The van der Waals surface area contributed by atoms with Crippen LogP contribution in [-0.4, -0.2) is 54.4 Å². The molecule has 1 aromatic carbocycles. The molecule has 1 fully saturated rings. The molecule has 2 atom stereocenters. The van der Waals surface area contributed by atoms with Gasteiger partial charge in [-0.3, -0.25) is 14.3 Å². The molecular weight excluding hydrogens is 401 g/mol. The van der Waals surface area contributed by atoms with E-state index in [9.17, 15) is 18.9 Å². The van der Waals surface area contributed by atoms with E-state index in [2.05, 4.69) is 0 Å². The van der Waals surface area contributed by atoms with Crippen molar-refractivity contribution in [1.82, 2.24) is 4.90 Å². The maximum atomic E-state index is 12.8. The zero-order valence-corrected chi connectivity index (χ0v) is 17.6. The minimum atomic E-state index is -3.68. The minimum Gasteiger partial charge on any atom is -0.444 e. The lowest BCUT2D eigenvalue weighted by Crippen LogP contribution is -2.41. The third-order valence-corrected chi connectivity index (χ3v) is 6.86. The van der Waals surface area contributed by atoms with Crippen molar-refractivity contribution in [2.45, 2.75) is 45.5 Å². The van der Waals surface area contributed by atoms with Crippen LogP contribution in [0, 0.1) is 0 Å². The molecule has 29 heavy (non-hydrogen) atoms. The van der Waals surface area contributed by atoms with Crippen molar-refractivity contribution >= 4 is 25.4 Å². The second-order valence-electron chi connectivity index (χ2n) is 6.34. The van der Waals surface area contributed by atoms with Gasteiger partial charge in [-0.05, 0) is 26.3 Å². The number of esters is 1. The van der Waals surface area contributed by atoms with Crippen LogP contribution in [0.2, 0.25) is 0 Å². The van der Waals surface area contributed by atoms with Gasteiger partial charge in [-0.1, -0.05) is 30.3 Å². The van der Waals surface area contributed by atoms with Crippen molar-refractivity contribution in [3.05, 3.63) is 35.9 Å². The second kappa shape index (κ2) is 10.5. The summed E-state index contributed by atoms with van der Waals surface area (Å²) in [6.07, 6.45) is -1.15. The van der Waals surface area contributed by atoms with Gasteiger partial charge in [-0.15, -0.1) is 0 Å². The number of carbonyl (C=O) groups excluding carboxylic acids is 3. The summed E-state index contributed by atoms with van der Waals surface area (Å²) in [5.41, 5.74) is -0.305. The van der Waals surface area contributed by atoms with Crippen LogP contribution in [0.5, 0.6) is 0 Å². The van der Waals surface area contributed by atoms with E-state index in [1.807, 2.05) is 18.2 Å². The average molecular weight is 427 g/mol. The summed E-state index contributed by atoms with van der Waals surface area (Å²) in [5, 5.41) is 0. The molecule has 0 aromatic heterocycles. The Balaban J connectivity index is 2.02. The fourth-order valence-corrected chi connectivity index (χ4v) is 4.48. The summed E-state index contributed by atoms with van der Waals surface area (Å²) in [7, 11) is -3.68. The summed E-state index contributed by atoms with van der Waals surface area (Å²) < 4.78 is 33.3. The van der Waals surface area contributed by atoms with Gasteiger partial charge in [0.05, 0.1) is 13.2 Å². The van der Waals surface area contributed by atoms with Crippen molar-refractivity contribution < 1.29 is 37.5 Å². The SMILES string of the molecule is CCOP(=O)(OCC)[C@H](C)C(=O)CC1C(=O)OCN1C(=O)OCc1ccccc1. The molecule has 0 saturated carbocycles.